The highest BCUT2D eigenvalue weighted by Gasteiger charge is 2.47. The molecule has 2 aliphatic rings. The summed E-state index contributed by atoms with van der Waals surface area (Å²) in [5.74, 6) is -0.453. The fraction of sp³-hybridized carbons (Fsp3) is 0.391. The Morgan fingerprint density at radius 1 is 0.701 bits per heavy atom. The van der Waals surface area contributed by atoms with Crippen LogP contribution in [0.2, 0.25) is 0 Å². The maximum Gasteiger partial charge on any atom is 0.342 e. The van der Waals surface area contributed by atoms with Crippen molar-refractivity contribution in [1.82, 2.24) is 19.1 Å². The quantitative estimate of drug-likeness (QED) is 0.0716. The number of benzene rings is 3. The normalized spacial score (nSPS) is 21.3. The van der Waals surface area contributed by atoms with Crippen molar-refractivity contribution < 1.29 is 56.4 Å². The summed E-state index contributed by atoms with van der Waals surface area (Å²) in [7, 11) is -0.429. The smallest absolute Gasteiger partial charge is 0.342 e. The second-order valence-electron chi connectivity index (χ2n) is 15.9. The molecule has 2 saturated heterocycles. The molecule has 7 atom stereocenters. The summed E-state index contributed by atoms with van der Waals surface area (Å²) in [5.41, 5.74) is -1.62. The highest BCUT2D eigenvalue weighted by molar-refractivity contribution is 7.54. The number of H-pyrrole nitrogens is 2. The van der Waals surface area contributed by atoms with Crippen LogP contribution in [0.5, 0.6) is 11.5 Å². The summed E-state index contributed by atoms with van der Waals surface area (Å²) < 4.78 is 70.8. The molecule has 4 heterocycles. The number of carbonyl (C=O) groups is 2. The predicted octanol–water partition coefficient (Wildman–Crippen LogP) is 4.00. The molecule has 0 radical (unpaired) electrons. The molecule has 3 aromatic carbocycles. The maximum absolute atomic E-state index is 15.0. The summed E-state index contributed by atoms with van der Waals surface area (Å²) in [6.07, 6.45) is -5.22. The highest BCUT2D eigenvalue weighted by atomic mass is 31.2. The molecule has 5 aromatic rings. The Morgan fingerprint density at radius 2 is 1.18 bits per heavy atom. The first-order valence-corrected chi connectivity index (χ1v) is 22.9. The van der Waals surface area contributed by atoms with Gasteiger partial charge in [0.15, 0.2) is 0 Å². The number of hydrogen-bond acceptors (Lipinski definition) is 16. The van der Waals surface area contributed by atoms with Gasteiger partial charge < -0.3 is 42.2 Å². The van der Waals surface area contributed by atoms with Crippen LogP contribution in [0.1, 0.15) is 60.0 Å². The molecule has 0 spiro atoms. The molecule has 7 rings (SSSR count). The van der Waals surface area contributed by atoms with Gasteiger partial charge in [-0.15, -0.1) is 0 Å². The minimum atomic E-state index is -4.63. The van der Waals surface area contributed by atoms with Crippen LogP contribution in [0.3, 0.4) is 0 Å². The molecular formula is C46H51N4O16P. The van der Waals surface area contributed by atoms with E-state index in [0.717, 1.165) is 11.7 Å². The second kappa shape index (κ2) is 20.6. The zero-order valence-corrected chi connectivity index (χ0v) is 38.4. The number of methoxy groups -OCH3 is 3. The van der Waals surface area contributed by atoms with Crippen molar-refractivity contribution in [1.29, 1.82) is 0 Å². The van der Waals surface area contributed by atoms with Gasteiger partial charge in [-0.1, -0.05) is 54.6 Å². The summed E-state index contributed by atoms with van der Waals surface area (Å²) in [6.45, 7) is 3.32. The largest absolute Gasteiger partial charge is 0.497 e. The van der Waals surface area contributed by atoms with E-state index in [1.165, 1.54) is 37.7 Å². The summed E-state index contributed by atoms with van der Waals surface area (Å²) in [4.78, 5) is 80.3. The average Bonchev–Trinajstić information content (AvgIpc) is 3.91. The molecule has 20 nitrogen and oxygen atoms in total. The van der Waals surface area contributed by atoms with Gasteiger partial charge in [-0.25, -0.2) is 9.59 Å². The molecule has 2 fully saturated rings. The molecule has 2 N–H and O–H groups in total. The molecule has 2 aliphatic heterocycles. The minimum absolute atomic E-state index is 0.0579. The fourth-order valence-electron chi connectivity index (χ4n) is 8.10. The molecular weight excluding hydrogens is 895 g/mol. The van der Waals surface area contributed by atoms with E-state index in [4.69, 9.17) is 42.2 Å². The monoisotopic (exact) mass is 946 g/mol. The van der Waals surface area contributed by atoms with Gasteiger partial charge in [-0.05, 0) is 54.8 Å². The zero-order valence-electron chi connectivity index (χ0n) is 37.5. The Balaban J connectivity index is 1.25. The molecule has 2 aromatic heterocycles. The van der Waals surface area contributed by atoms with Crippen LogP contribution < -0.4 is 32.0 Å². The van der Waals surface area contributed by atoms with Crippen LogP contribution in [0.15, 0.2) is 110 Å². The number of hydrogen-bond donors (Lipinski definition) is 2. The van der Waals surface area contributed by atoms with Crippen LogP contribution in [0, 0.1) is 13.8 Å². The number of nitrogens with one attached hydrogen (secondary N) is 2. The third kappa shape index (κ3) is 10.8. The number of ether oxygens (including phenoxy) is 7. The topological polar surface area (TPSA) is 244 Å². The van der Waals surface area contributed by atoms with Crippen molar-refractivity contribution in [2.24, 2.45) is 0 Å². The summed E-state index contributed by atoms with van der Waals surface area (Å²) in [6, 6.07) is 24.0. The van der Waals surface area contributed by atoms with Crippen LogP contribution in [-0.4, -0.2) is 96.2 Å². The Morgan fingerprint density at radius 3 is 1.66 bits per heavy atom. The molecule has 67 heavy (non-hydrogen) atoms. The first-order valence-electron chi connectivity index (χ1n) is 21.2. The van der Waals surface area contributed by atoms with E-state index in [1.54, 1.807) is 38.5 Å². The van der Waals surface area contributed by atoms with E-state index >= 15 is 4.57 Å². The molecule has 0 aliphatic carbocycles. The number of rotatable bonds is 18. The van der Waals surface area contributed by atoms with Gasteiger partial charge in [0.1, 0.15) is 54.0 Å². The average molecular weight is 947 g/mol. The Kier molecular flexibility index (Phi) is 14.9. The van der Waals surface area contributed by atoms with Crippen molar-refractivity contribution in [2.45, 2.75) is 76.1 Å². The maximum atomic E-state index is 15.0. The number of aromatic amines is 2. The molecule has 21 heteroatoms. The van der Waals surface area contributed by atoms with E-state index in [9.17, 15) is 28.8 Å². The van der Waals surface area contributed by atoms with Crippen LogP contribution >= 0.6 is 7.60 Å². The van der Waals surface area contributed by atoms with Gasteiger partial charge in [-0.2, -0.15) is 0 Å². The predicted molar refractivity (Wildman–Crippen MR) is 238 cm³/mol. The lowest BCUT2D eigenvalue weighted by Crippen LogP contribution is -2.39. The zero-order chi connectivity index (χ0) is 48.0. The Bertz CT molecular complexity index is 2800. The van der Waals surface area contributed by atoms with Gasteiger partial charge in [0.05, 0.1) is 40.6 Å². The first-order chi connectivity index (χ1) is 32.1. The van der Waals surface area contributed by atoms with Gasteiger partial charge in [0.2, 0.25) is 0 Å². The van der Waals surface area contributed by atoms with Gasteiger partial charge in [0, 0.05) is 43.3 Å². The van der Waals surface area contributed by atoms with Crippen molar-refractivity contribution in [3.8, 4) is 11.5 Å². The van der Waals surface area contributed by atoms with Gasteiger partial charge in [-0.3, -0.25) is 42.8 Å². The summed E-state index contributed by atoms with van der Waals surface area (Å²) >= 11 is 0. The standard InChI is InChI=1S/C46H51N4O16P/c1-27-22-49(44(55)47-42(27)53)39-20-35(63-29(3)51)38(65-39)25-62-67(57,26-41(52)60-6)66-36-21-40(50-23-28(2)43(54)48-45(50)56)64-37(36)24-61-46(30-10-8-7-9-11-30,31-12-16-33(58-4)17-13-31)32-14-18-34(59-5)19-15-32/h7-19,22-23,35-40H,20-21,24-26H2,1-6H3,(H,47,53,55)(H,48,54,56)/t35-,36-,37+,38+,39+,40+,67?/m0/s1. The third-order valence-corrected chi connectivity index (χ3v) is 13.3. The van der Waals surface area contributed by atoms with E-state index in [2.05, 4.69) is 9.97 Å². The number of aryl methyl sites for hydroxylation is 2. The molecule has 0 amide bonds. The highest BCUT2D eigenvalue weighted by Crippen LogP contribution is 2.53. The number of aromatic nitrogens is 4. The fourth-order valence-corrected chi connectivity index (χ4v) is 9.78. The third-order valence-electron chi connectivity index (χ3n) is 11.5. The van der Waals surface area contributed by atoms with Crippen LogP contribution in [0.25, 0.3) is 0 Å². The molecule has 0 saturated carbocycles. The lowest BCUT2D eigenvalue weighted by molar-refractivity contribution is -0.150. The minimum Gasteiger partial charge on any atom is -0.497 e. The molecule has 0 bridgehead atoms. The Hall–Kier alpha value is -6.41. The van der Waals surface area contributed by atoms with Gasteiger partial charge in [0.25, 0.3) is 11.1 Å². The van der Waals surface area contributed by atoms with E-state index < -0.39 is 97.3 Å². The van der Waals surface area contributed by atoms with E-state index in [0.29, 0.717) is 28.2 Å². The van der Waals surface area contributed by atoms with E-state index in [1.807, 2.05) is 54.6 Å². The first kappa shape index (κ1) is 48.5. The van der Waals surface area contributed by atoms with Crippen LogP contribution in [0.4, 0.5) is 0 Å². The van der Waals surface area contributed by atoms with Crippen molar-refractivity contribution in [2.75, 3.05) is 40.7 Å². The van der Waals surface area contributed by atoms with Crippen molar-refractivity contribution in [3.63, 3.8) is 0 Å². The van der Waals surface area contributed by atoms with E-state index in [-0.39, 0.29) is 30.6 Å². The Labute approximate surface area is 383 Å². The summed E-state index contributed by atoms with van der Waals surface area (Å²) in [5, 5.41) is 0. The second-order valence-corrected chi connectivity index (χ2v) is 17.9. The van der Waals surface area contributed by atoms with Gasteiger partial charge >= 0.3 is 30.9 Å². The van der Waals surface area contributed by atoms with Crippen molar-refractivity contribution >= 4 is 19.5 Å². The number of esters is 2. The lowest BCUT2D eigenvalue weighted by Gasteiger charge is -2.37. The van der Waals surface area contributed by atoms with Crippen molar-refractivity contribution in [3.05, 3.63) is 161 Å². The lowest BCUT2D eigenvalue weighted by atomic mass is 9.80. The SMILES string of the molecule is COC(=O)CP(=O)(OC[C@H]1O[C@@H](n2cc(C)c(=O)[nH]c2=O)C[C@@H]1OC(C)=O)O[C@H]1C[C@H](n2cc(C)c(=O)[nH]c2=O)O[C@@H]1COC(c1ccccc1)(c1ccc(OC)cc1)c1ccc(OC)cc1. The molecule has 356 valence electrons. The number of carbonyl (C=O) groups excluding carboxylic acids is 2. The molecule has 1 unspecified atom stereocenters. The van der Waals surface area contributed by atoms with Crippen LogP contribution in [-0.2, 0) is 52.5 Å². The number of nitrogens with zero attached hydrogens (tertiary/aromatic N) is 2.